The summed E-state index contributed by atoms with van der Waals surface area (Å²) < 4.78 is 7.33. The highest BCUT2D eigenvalue weighted by Gasteiger charge is 2.21. The topological polar surface area (TPSA) is 60.5 Å². The number of methoxy groups -OCH3 is 1. The Balaban J connectivity index is 1.91. The number of carbonyl (C=O) groups excluding carboxylic acids is 1. The first kappa shape index (κ1) is 16.0. The maximum atomic E-state index is 11.4. The molecule has 2 heterocycles. The van der Waals surface area contributed by atoms with Crippen LogP contribution in [0.5, 0.6) is 0 Å². The summed E-state index contributed by atoms with van der Waals surface area (Å²) in [5.74, 6) is -0.388. The van der Waals surface area contributed by atoms with Crippen LogP contribution in [0.4, 0.5) is 0 Å². The molecule has 124 valence electrons. The van der Waals surface area contributed by atoms with Crippen molar-refractivity contribution in [1.82, 2.24) is 9.47 Å². The summed E-state index contributed by atoms with van der Waals surface area (Å²) in [6.45, 7) is 5.55. The second-order valence-corrected chi connectivity index (χ2v) is 6.61. The Morgan fingerprint density at radius 1 is 1.35 bits per heavy atom. The molecule has 5 heteroatoms. The lowest BCUT2D eigenvalue weighted by atomic mass is 9.98. The van der Waals surface area contributed by atoms with E-state index >= 15 is 0 Å². The molecule has 0 saturated heterocycles. The van der Waals surface area contributed by atoms with Crippen LogP contribution in [0.25, 0.3) is 10.9 Å². The van der Waals surface area contributed by atoms with Gasteiger partial charge in [0.15, 0.2) is 0 Å². The number of carbonyl (C=O) groups is 1. The number of benzene rings is 1. The van der Waals surface area contributed by atoms with Crippen LogP contribution >= 0.6 is 0 Å². The van der Waals surface area contributed by atoms with E-state index in [0.717, 1.165) is 26.2 Å². The van der Waals surface area contributed by atoms with Gasteiger partial charge in [-0.1, -0.05) is 6.92 Å². The lowest BCUT2D eigenvalue weighted by Gasteiger charge is -2.13. The molecule has 1 aliphatic heterocycles. The van der Waals surface area contributed by atoms with Gasteiger partial charge in [-0.25, -0.2) is 0 Å². The zero-order valence-electron chi connectivity index (χ0n) is 14.1. The molecule has 2 aromatic rings. The Labute approximate surface area is 137 Å². The van der Waals surface area contributed by atoms with Crippen LogP contribution in [0, 0.1) is 5.92 Å². The molecule has 3 rings (SSSR count). The third-order valence-electron chi connectivity index (χ3n) is 4.80. The van der Waals surface area contributed by atoms with Gasteiger partial charge in [0, 0.05) is 56.8 Å². The molecule has 0 fully saturated rings. The van der Waals surface area contributed by atoms with E-state index in [-0.39, 0.29) is 11.8 Å². The van der Waals surface area contributed by atoms with Gasteiger partial charge in [0.25, 0.3) is 0 Å². The number of hydrogen-bond donors (Lipinski definition) is 1. The van der Waals surface area contributed by atoms with E-state index in [0.29, 0.717) is 6.42 Å². The Hall–Kier alpha value is -1.85. The molecule has 1 aliphatic rings. The van der Waals surface area contributed by atoms with Crippen LogP contribution in [-0.4, -0.2) is 35.6 Å². The van der Waals surface area contributed by atoms with Crippen molar-refractivity contribution in [2.24, 2.45) is 18.7 Å². The highest BCUT2D eigenvalue weighted by atomic mass is 16.5. The van der Waals surface area contributed by atoms with Gasteiger partial charge in [0.1, 0.15) is 0 Å². The third-order valence-corrected chi connectivity index (χ3v) is 4.80. The molecule has 0 saturated carbocycles. The lowest BCUT2D eigenvalue weighted by molar-refractivity contribution is -0.121. The quantitative estimate of drug-likeness (QED) is 0.884. The van der Waals surface area contributed by atoms with Crippen molar-refractivity contribution in [2.45, 2.75) is 26.4 Å². The minimum atomic E-state index is -0.242. The fourth-order valence-electron chi connectivity index (χ4n) is 3.40. The normalized spacial score (nSPS) is 16.0. The number of ether oxygens (including phenoxy) is 1. The van der Waals surface area contributed by atoms with Crippen molar-refractivity contribution < 1.29 is 9.53 Å². The van der Waals surface area contributed by atoms with E-state index in [1.807, 2.05) is 6.92 Å². The standard InChI is InChI=1S/C18H25N3O2/c1-12(18(19)22)6-15-9-20(2)17-8-14-11-21(4-5-23-3)10-13(14)7-16(15)17/h7-9,12H,4-6,10-11H2,1-3H3,(H2,19,22). The summed E-state index contributed by atoms with van der Waals surface area (Å²) in [6.07, 6.45) is 2.82. The van der Waals surface area contributed by atoms with Gasteiger partial charge in [-0.2, -0.15) is 0 Å². The predicted octanol–water partition coefficient (Wildman–Crippen LogP) is 1.80. The monoisotopic (exact) mass is 315 g/mol. The number of hydrogen-bond acceptors (Lipinski definition) is 3. The first-order chi connectivity index (χ1) is 11.0. The number of aryl methyl sites for hydroxylation is 1. The molecule has 0 bridgehead atoms. The summed E-state index contributed by atoms with van der Waals surface area (Å²) >= 11 is 0. The van der Waals surface area contributed by atoms with Crippen molar-refractivity contribution in [3.63, 3.8) is 0 Å². The van der Waals surface area contributed by atoms with Gasteiger partial charge in [0.2, 0.25) is 5.91 Å². The highest BCUT2D eigenvalue weighted by Crippen LogP contribution is 2.31. The number of aromatic nitrogens is 1. The summed E-state index contributed by atoms with van der Waals surface area (Å²) in [6, 6.07) is 4.58. The van der Waals surface area contributed by atoms with Crippen LogP contribution < -0.4 is 5.73 Å². The summed E-state index contributed by atoms with van der Waals surface area (Å²) in [5, 5.41) is 1.24. The van der Waals surface area contributed by atoms with Crippen molar-refractivity contribution in [3.05, 3.63) is 35.0 Å². The number of primary amides is 1. The number of nitrogens with two attached hydrogens (primary N) is 1. The van der Waals surface area contributed by atoms with E-state index in [4.69, 9.17) is 10.5 Å². The minimum Gasteiger partial charge on any atom is -0.383 e. The molecule has 23 heavy (non-hydrogen) atoms. The maximum absolute atomic E-state index is 11.4. The minimum absolute atomic E-state index is 0.146. The SMILES string of the molecule is COCCN1Cc2cc3c(CC(C)C(N)=O)cn(C)c3cc2C1. The third kappa shape index (κ3) is 3.12. The molecular formula is C18H25N3O2. The molecule has 1 amide bonds. The zero-order chi connectivity index (χ0) is 16.6. The fourth-order valence-corrected chi connectivity index (χ4v) is 3.40. The summed E-state index contributed by atoms with van der Waals surface area (Å²) in [7, 11) is 3.80. The van der Waals surface area contributed by atoms with E-state index in [1.165, 1.54) is 27.6 Å². The second-order valence-electron chi connectivity index (χ2n) is 6.61. The molecule has 1 aromatic heterocycles. The Morgan fingerprint density at radius 2 is 2.04 bits per heavy atom. The molecular weight excluding hydrogens is 290 g/mol. The predicted molar refractivity (Wildman–Crippen MR) is 91.0 cm³/mol. The Morgan fingerprint density at radius 3 is 2.70 bits per heavy atom. The smallest absolute Gasteiger partial charge is 0.220 e. The van der Waals surface area contributed by atoms with Gasteiger partial charge < -0.3 is 15.0 Å². The van der Waals surface area contributed by atoms with Gasteiger partial charge in [-0.15, -0.1) is 0 Å². The molecule has 1 unspecified atom stereocenters. The molecule has 5 nitrogen and oxygen atoms in total. The van der Waals surface area contributed by atoms with E-state index in [9.17, 15) is 4.79 Å². The van der Waals surface area contributed by atoms with E-state index < -0.39 is 0 Å². The van der Waals surface area contributed by atoms with Crippen molar-refractivity contribution >= 4 is 16.8 Å². The van der Waals surface area contributed by atoms with Crippen molar-refractivity contribution in [2.75, 3.05) is 20.3 Å². The summed E-state index contributed by atoms with van der Waals surface area (Å²) in [5.41, 5.74) is 10.6. The molecule has 0 aliphatic carbocycles. The molecule has 2 N–H and O–H groups in total. The van der Waals surface area contributed by atoms with Crippen LogP contribution in [0.1, 0.15) is 23.6 Å². The first-order valence-electron chi connectivity index (χ1n) is 8.10. The Kier molecular flexibility index (Phi) is 4.41. The van der Waals surface area contributed by atoms with Gasteiger partial charge >= 0.3 is 0 Å². The van der Waals surface area contributed by atoms with Crippen LogP contribution in [-0.2, 0) is 36.1 Å². The summed E-state index contributed by atoms with van der Waals surface area (Å²) in [4.78, 5) is 13.8. The number of rotatable bonds is 6. The molecule has 0 radical (unpaired) electrons. The van der Waals surface area contributed by atoms with Crippen molar-refractivity contribution in [1.29, 1.82) is 0 Å². The molecule has 1 atom stereocenters. The number of fused-ring (bicyclic) bond motifs is 2. The molecule has 1 aromatic carbocycles. The Bertz CT molecular complexity index is 735. The van der Waals surface area contributed by atoms with E-state index in [1.54, 1.807) is 7.11 Å². The van der Waals surface area contributed by atoms with Gasteiger partial charge in [0.05, 0.1) is 6.61 Å². The van der Waals surface area contributed by atoms with Crippen LogP contribution in [0.15, 0.2) is 18.3 Å². The number of amides is 1. The van der Waals surface area contributed by atoms with Gasteiger partial charge in [-0.3, -0.25) is 9.69 Å². The van der Waals surface area contributed by atoms with Crippen LogP contribution in [0.3, 0.4) is 0 Å². The van der Waals surface area contributed by atoms with E-state index in [2.05, 4.69) is 34.8 Å². The van der Waals surface area contributed by atoms with Crippen LogP contribution in [0.2, 0.25) is 0 Å². The average molecular weight is 315 g/mol. The zero-order valence-corrected chi connectivity index (χ0v) is 14.1. The molecule has 0 spiro atoms. The largest absolute Gasteiger partial charge is 0.383 e. The maximum Gasteiger partial charge on any atom is 0.220 e. The second kappa shape index (κ2) is 6.34. The average Bonchev–Trinajstić information content (AvgIpc) is 3.04. The van der Waals surface area contributed by atoms with Crippen molar-refractivity contribution in [3.8, 4) is 0 Å². The number of nitrogens with zero attached hydrogens (tertiary/aromatic N) is 2. The highest BCUT2D eigenvalue weighted by molar-refractivity contribution is 5.86. The fraction of sp³-hybridized carbons (Fsp3) is 0.500. The first-order valence-corrected chi connectivity index (χ1v) is 8.10. The van der Waals surface area contributed by atoms with Gasteiger partial charge in [-0.05, 0) is 35.2 Å². The lowest BCUT2D eigenvalue weighted by Crippen LogP contribution is -2.22.